The quantitative estimate of drug-likeness (QED) is 0.325. The van der Waals surface area contributed by atoms with Gasteiger partial charge in [-0.15, -0.1) is 24.0 Å². The fraction of sp³-hybridized carbons (Fsp3) is 0.778. The SMILES string of the molecule is CCNC(=NCc1cc(C(C)C)no1)NCC1(SCC)CCOCC1.I. The predicted molar refractivity (Wildman–Crippen MR) is 120 cm³/mol. The second-order valence-electron chi connectivity index (χ2n) is 6.65. The van der Waals surface area contributed by atoms with Crippen molar-refractivity contribution in [1.82, 2.24) is 15.8 Å². The van der Waals surface area contributed by atoms with E-state index >= 15 is 0 Å². The van der Waals surface area contributed by atoms with Crippen LogP contribution in [0.2, 0.25) is 0 Å². The maximum absolute atomic E-state index is 5.55. The van der Waals surface area contributed by atoms with Gasteiger partial charge in [0.05, 0.1) is 5.69 Å². The first-order chi connectivity index (χ1) is 12.1. The second kappa shape index (κ2) is 12.1. The number of nitrogens with zero attached hydrogens (tertiary/aromatic N) is 2. The van der Waals surface area contributed by atoms with Gasteiger partial charge < -0.3 is 19.9 Å². The molecule has 6 nitrogen and oxygen atoms in total. The summed E-state index contributed by atoms with van der Waals surface area (Å²) < 4.78 is 11.2. The number of thioether (sulfide) groups is 1. The largest absolute Gasteiger partial charge is 0.381 e. The van der Waals surface area contributed by atoms with Gasteiger partial charge in [0.25, 0.3) is 0 Å². The van der Waals surface area contributed by atoms with Crippen LogP contribution < -0.4 is 10.6 Å². The van der Waals surface area contributed by atoms with E-state index in [1.807, 2.05) is 17.8 Å². The Labute approximate surface area is 178 Å². The number of hydrogen-bond donors (Lipinski definition) is 2. The molecule has 150 valence electrons. The monoisotopic (exact) mass is 496 g/mol. The second-order valence-corrected chi connectivity index (χ2v) is 8.38. The summed E-state index contributed by atoms with van der Waals surface area (Å²) in [6.45, 7) is 12.4. The van der Waals surface area contributed by atoms with Crippen molar-refractivity contribution in [1.29, 1.82) is 0 Å². The third kappa shape index (κ3) is 7.26. The van der Waals surface area contributed by atoms with Gasteiger partial charge in [0, 0.05) is 37.1 Å². The summed E-state index contributed by atoms with van der Waals surface area (Å²) in [6, 6.07) is 1.99. The van der Waals surface area contributed by atoms with E-state index in [1.54, 1.807) is 0 Å². The van der Waals surface area contributed by atoms with Crippen LogP contribution in [-0.2, 0) is 11.3 Å². The van der Waals surface area contributed by atoms with Crippen LogP contribution in [0, 0.1) is 0 Å². The van der Waals surface area contributed by atoms with Gasteiger partial charge in [0.15, 0.2) is 11.7 Å². The van der Waals surface area contributed by atoms with E-state index in [2.05, 4.69) is 48.5 Å². The fourth-order valence-corrected chi connectivity index (χ4v) is 4.08. The first-order valence-corrected chi connectivity index (χ1v) is 10.3. The summed E-state index contributed by atoms with van der Waals surface area (Å²) in [5, 5.41) is 10.9. The van der Waals surface area contributed by atoms with E-state index in [4.69, 9.17) is 9.26 Å². The van der Waals surface area contributed by atoms with Gasteiger partial charge in [-0.2, -0.15) is 11.8 Å². The number of halogens is 1. The molecule has 0 aliphatic carbocycles. The molecule has 2 heterocycles. The van der Waals surface area contributed by atoms with Gasteiger partial charge in [0.2, 0.25) is 0 Å². The molecule has 0 aromatic carbocycles. The van der Waals surface area contributed by atoms with Crippen LogP contribution in [0.1, 0.15) is 57.9 Å². The Kier molecular flexibility index (Phi) is 10.9. The normalized spacial score (nSPS) is 17.0. The highest BCUT2D eigenvalue weighted by Crippen LogP contribution is 2.34. The molecule has 2 rings (SSSR count). The van der Waals surface area contributed by atoms with Crippen LogP contribution in [0.5, 0.6) is 0 Å². The zero-order valence-electron chi connectivity index (χ0n) is 16.3. The molecule has 0 amide bonds. The third-order valence-electron chi connectivity index (χ3n) is 4.34. The first kappa shape index (κ1) is 23.6. The molecule has 1 aromatic heterocycles. The highest BCUT2D eigenvalue weighted by molar-refractivity contribution is 14.0. The van der Waals surface area contributed by atoms with Gasteiger partial charge >= 0.3 is 0 Å². The molecule has 1 saturated heterocycles. The summed E-state index contributed by atoms with van der Waals surface area (Å²) >= 11 is 2.03. The van der Waals surface area contributed by atoms with Crippen molar-refractivity contribution in [3.8, 4) is 0 Å². The molecule has 0 atom stereocenters. The number of guanidine groups is 1. The predicted octanol–water partition coefficient (Wildman–Crippen LogP) is 3.77. The van der Waals surface area contributed by atoms with Gasteiger partial charge in [-0.3, -0.25) is 0 Å². The lowest BCUT2D eigenvalue weighted by Gasteiger charge is -2.37. The molecule has 26 heavy (non-hydrogen) atoms. The molecule has 1 aliphatic rings. The smallest absolute Gasteiger partial charge is 0.191 e. The van der Waals surface area contributed by atoms with E-state index in [0.29, 0.717) is 12.5 Å². The van der Waals surface area contributed by atoms with Crippen LogP contribution in [-0.4, -0.2) is 47.9 Å². The Bertz CT molecular complexity index is 540. The molecule has 2 N–H and O–H groups in total. The number of aromatic nitrogens is 1. The summed E-state index contributed by atoms with van der Waals surface area (Å²) in [5.41, 5.74) is 0.976. The molecule has 8 heteroatoms. The number of hydrogen-bond acceptors (Lipinski definition) is 5. The van der Waals surface area contributed by atoms with E-state index in [0.717, 1.165) is 62.3 Å². The number of aliphatic imine (C=N–C) groups is 1. The summed E-state index contributed by atoms with van der Waals surface area (Å²) in [7, 11) is 0. The Hall–Kier alpha value is -0.480. The minimum atomic E-state index is 0. The highest BCUT2D eigenvalue weighted by Gasteiger charge is 2.32. The standard InChI is InChI=1S/C18H32N4O2S.HI/c1-5-19-17(20-12-15-11-16(14(3)4)22-24-15)21-13-18(25-6-2)7-9-23-10-8-18;/h11,14H,5-10,12-13H2,1-4H3,(H2,19,20,21);1H. The minimum Gasteiger partial charge on any atom is -0.381 e. The van der Waals surface area contributed by atoms with E-state index < -0.39 is 0 Å². The van der Waals surface area contributed by atoms with E-state index in [1.165, 1.54) is 0 Å². The van der Waals surface area contributed by atoms with Crippen molar-refractivity contribution in [3.63, 3.8) is 0 Å². The Morgan fingerprint density at radius 3 is 2.62 bits per heavy atom. The average molecular weight is 496 g/mol. The maximum Gasteiger partial charge on any atom is 0.191 e. The molecule has 0 radical (unpaired) electrons. The molecule has 1 fully saturated rings. The highest BCUT2D eigenvalue weighted by atomic mass is 127. The number of ether oxygens (including phenoxy) is 1. The maximum atomic E-state index is 5.55. The molecule has 1 aliphatic heterocycles. The van der Waals surface area contributed by atoms with Crippen molar-refractivity contribution in [3.05, 3.63) is 17.5 Å². The number of rotatable bonds is 8. The molecule has 0 spiro atoms. The van der Waals surface area contributed by atoms with Crippen molar-refractivity contribution >= 4 is 41.7 Å². The van der Waals surface area contributed by atoms with E-state index in [9.17, 15) is 0 Å². The Balaban J connectivity index is 0.00000338. The van der Waals surface area contributed by atoms with Crippen molar-refractivity contribution in [2.75, 3.05) is 32.1 Å². The molecule has 0 bridgehead atoms. The molecular formula is C18H33IN4O2S. The van der Waals surface area contributed by atoms with Crippen LogP contribution in [0.4, 0.5) is 0 Å². The molecule has 0 saturated carbocycles. The van der Waals surface area contributed by atoms with Gasteiger partial charge in [0.1, 0.15) is 6.54 Å². The Morgan fingerprint density at radius 2 is 2.04 bits per heavy atom. The third-order valence-corrected chi connectivity index (χ3v) is 5.79. The van der Waals surface area contributed by atoms with Crippen LogP contribution in [0.3, 0.4) is 0 Å². The summed E-state index contributed by atoms with van der Waals surface area (Å²) in [4.78, 5) is 4.65. The van der Waals surface area contributed by atoms with Gasteiger partial charge in [-0.1, -0.05) is 25.9 Å². The molecule has 0 unspecified atom stereocenters. The summed E-state index contributed by atoms with van der Waals surface area (Å²) in [5.74, 6) is 3.11. The van der Waals surface area contributed by atoms with Crippen LogP contribution in [0.25, 0.3) is 0 Å². The zero-order valence-corrected chi connectivity index (χ0v) is 19.5. The average Bonchev–Trinajstić information content (AvgIpc) is 3.08. The minimum absolute atomic E-state index is 0. The first-order valence-electron chi connectivity index (χ1n) is 9.28. The summed E-state index contributed by atoms with van der Waals surface area (Å²) in [6.07, 6.45) is 2.16. The van der Waals surface area contributed by atoms with Crippen molar-refractivity contribution in [2.24, 2.45) is 4.99 Å². The van der Waals surface area contributed by atoms with Gasteiger partial charge in [-0.25, -0.2) is 4.99 Å². The lowest BCUT2D eigenvalue weighted by atomic mass is 9.99. The van der Waals surface area contributed by atoms with Gasteiger partial charge in [-0.05, 0) is 31.4 Å². The van der Waals surface area contributed by atoms with Crippen LogP contribution >= 0.6 is 35.7 Å². The lowest BCUT2D eigenvalue weighted by Crippen LogP contribution is -2.48. The fourth-order valence-electron chi connectivity index (χ4n) is 2.84. The topological polar surface area (TPSA) is 71.7 Å². The van der Waals surface area contributed by atoms with Crippen molar-refractivity contribution < 1.29 is 9.26 Å². The van der Waals surface area contributed by atoms with Crippen LogP contribution in [0.15, 0.2) is 15.6 Å². The molecule has 1 aromatic rings. The molecular weight excluding hydrogens is 463 g/mol. The van der Waals surface area contributed by atoms with E-state index in [-0.39, 0.29) is 28.7 Å². The Morgan fingerprint density at radius 1 is 1.31 bits per heavy atom. The number of nitrogens with one attached hydrogen (secondary N) is 2. The van der Waals surface area contributed by atoms with Crippen molar-refractivity contribution in [2.45, 2.75) is 57.7 Å². The zero-order chi connectivity index (χ0) is 18.1. The lowest BCUT2D eigenvalue weighted by molar-refractivity contribution is 0.0782.